The predicted molar refractivity (Wildman–Crippen MR) is 73.3 cm³/mol. The van der Waals surface area contributed by atoms with Crippen molar-refractivity contribution in [1.29, 1.82) is 0 Å². The monoisotopic (exact) mass is 356 g/mol. The third-order valence-corrected chi connectivity index (χ3v) is 1.22. The quantitative estimate of drug-likeness (QED) is 0.497. The van der Waals surface area contributed by atoms with E-state index in [1.54, 1.807) is 0 Å². The first-order valence-corrected chi connectivity index (χ1v) is 5.96. The predicted octanol–water partition coefficient (Wildman–Crippen LogP) is -0.484. The second-order valence-corrected chi connectivity index (χ2v) is 4.10. The van der Waals surface area contributed by atoms with E-state index in [-0.39, 0.29) is 51.4 Å². The smallest absolute Gasteiger partial charge is 0.876 e. The first-order valence-electron chi connectivity index (χ1n) is 5.96. The molecule has 0 aromatic heterocycles. The number of ketones is 3. The van der Waals surface area contributed by atoms with Gasteiger partial charge in [-0.2, -0.15) is 0 Å². The van der Waals surface area contributed by atoms with Crippen LogP contribution in [0.3, 0.4) is 0 Å². The van der Waals surface area contributed by atoms with E-state index in [0.717, 1.165) is 18.2 Å². The van der Waals surface area contributed by atoms with E-state index in [1.807, 2.05) is 0 Å². The summed E-state index contributed by atoms with van der Waals surface area (Å²) >= 11 is 0. The maximum Gasteiger partial charge on any atom is 3.00 e. The van der Waals surface area contributed by atoms with Gasteiger partial charge in [0.1, 0.15) is 0 Å². The van der Waals surface area contributed by atoms with Gasteiger partial charge in [-0.05, 0) is 39.0 Å². The Morgan fingerprint density at radius 3 is 0.682 bits per heavy atom. The van der Waals surface area contributed by atoms with Gasteiger partial charge in [0.2, 0.25) is 0 Å². The molecule has 7 heteroatoms. The molecule has 0 aromatic rings. The molecule has 126 valence electrons. The number of carbonyl (C=O) groups is 3. The number of hydrogen-bond acceptors (Lipinski definition) is 6. The molecule has 0 saturated heterocycles. The molecule has 0 unspecified atom stereocenters. The Hall–Kier alpha value is -1.86. The molecule has 0 radical (unpaired) electrons. The largest absolute Gasteiger partial charge is 3.00 e. The first-order chi connectivity index (χ1) is 9.38. The van der Waals surface area contributed by atoms with Crippen LogP contribution in [-0.2, 0) is 31.2 Å². The summed E-state index contributed by atoms with van der Waals surface area (Å²) in [5.41, 5.74) is 0. The van der Waals surface area contributed by atoms with E-state index in [1.165, 1.54) is 41.5 Å². The summed E-state index contributed by atoms with van der Waals surface area (Å²) in [6.45, 7) is 8.09. The zero-order valence-electron chi connectivity index (χ0n) is 13.5. The Morgan fingerprint density at radius 1 is 0.545 bits per heavy atom. The van der Waals surface area contributed by atoms with Gasteiger partial charge in [-0.25, -0.2) is 0 Å². The van der Waals surface area contributed by atoms with Gasteiger partial charge in [-0.1, -0.05) is 20.8 Å². The van der Waals surface area contributed by atoms with Crippen molar-refractivity contribution in [1.82, 2.24) is 0 Å². The summed E-state index contributed by atoms with van der Waals surface area (Å²) in [4.78, 5) is 29.9. The fourth-order valence-electron chi connectivity index (χ4n) is 0.859. The summed E-state index contributed by atoms with van der Waals surface area (Å²) < 4.78 is 0. The zero-order valence-corrected chi connectivity index (χ0v) is 14.6. The molecular formula is C15H21CoO6. The van der Waals surface area contributed by atoms with Crippen molar-refractivity contribution in [3.05, 3.63) is 35.5 Å². The molecule has 0 aromatic carbocycles. The minimum absolute atomic E-state index is 0. The number of hydrogen-bond donors (Lipinski definition) is 0. The molecule has 0 aliphatic rings. The second-order valence-electron chi connectivity index (χ2n) is 4.10. The van der Waals surface area contributed by atoms with Crippen LogP contribution in [0.25, 0.3) is 0 Å². The van der Waals surface area contributed by atoms with Crippen molar-refractivity contribution in [2.75, 3.05) is 0 Å². The molecule has 22 heavy (non-hydrogen) atoms. The minimum atomic E-state index is -0.187. The molecule has 0 atom stereocenters. The fourth-order valence-corrected chi connectivity index (χ4v) is 0.859. The van der Waals surface area contributed by atoms with Gasteiger partial charge >= 0.3 is 16.8 Å². The van der Waals surface area contributed by atoms with Crippen LogP contribution in [0.15, 0.2) is 35.5 Å². The van der Waals surface area contributed by atoms with Crippen molar-refractivity contribution >= 4 is 17.3 Å². The van der Waals surface area contributed by atoms with Gasteiger partial charge < -0.3 is 15.3 Å². The Balaban J connectivity index is -0.000000108. The summed E-state index contributed by atoms with van der Waals surface area (Å²) in [5.74, 6) is -1.12. The van der Waals surface area contributed by atoms with Crippen molar-refractivity contribution < 1.29 is 46.5 Å². The third-order valence-electron chi connectivity index (χ3n) is 1.22. The van der Waals surface area contributed by atoms with E-state index in [0.29, 0.717) is 0 Å². The van der Waals surface area contributed by atoms with Crippen LogP contribution < -0.4 is 15.3 Å². The van der Waals surface area contributed by atoms with Crippen molar-refractivity contribution in [3.8, 4) is 0 Å². The Morgan fingerprint density at radius 2 is 0.682 bits per heavy atom. The maximum absolute atomic E-state index is 9.98. The van der Waals surface area contributed by atoms with Crippen LogP contribution >= 0.6 is 0 Å². The van der Waals surface area contributed by atoms with Crippen molar-refractivity contribution in [2.24, 2.45) is 0 Å². The molecule has 0 spiro atoms. The zero-order chi connectivity index (χ0) is 17.6. The van der Waals surface area contributed by atoms with E-state index in [4.69, 9.17) is 0 Å². The Bertz CT molecular complexity index is 368. The van der Waals surface area contributed by atoms with E-state index in [2.05, 4.69) is 0 Å². The fraction of sp³-hybridized carbons (Fsp3) is 0.400. The average molecular weight is 356 g/mol. The van der Waals surface area contributed by atoms with Crippen LogP contribution in [0.1, 0.15) is 41.5 Å². The number of rotatable bonds is 3. The van der Waals surface area contributed by atoms with Crippen molar-refractivity contribution in [3.63, 3.8) is 0 Å². The summed E-state index contributed by atoms with van der Waals surface area (Å²) in [6, 6.07) is 0. The molecule has 0 aliphatic heterocycles. The van der Waals surface area contributed by atoms with E-state index >= 15 is 0 Å². The van der Waals surface area contributed by atoms with Crippen LogP contribution in [0.5, 0.6) is 0 Å². The third kappa shape index (κ3) is 51.8. The molecular weight excluding hydrogens is 335 g/mol. The van der Waals surface area contributed by atoms with Gasteiger partial charge in [-0.15, -0.1) is 17.3 Å². The van der Waals surface area contributed by atoms with Gasteiger partial charge in [0.25, 0.3) is 0 Å². The number of allylic oxidation sites excluding steroid dienone is 6. The Labute approximate surface area is 141 Å². The molecule has 0 bridgehead atoms. The van der Waals surface area contributed by atoms with Gasteiger partial charge in [0.15, 0.2) is 17.3 Å². The SMILES string of the molecule is CC(=O)/C=C(/C)[O-].CC(=O)/C=C(\C)[O-].CC(=O)/C=C(\C)[O-].[Co+3]. The summed E-state index contributed by atoms with van der Waals surface area (Å²) in [6.07, 6.45) is 3.17. The normalized spacial score (nSPS) is 10.9. The van der Waals surface area contributed by atoms with E-state index < -0.39 is 0 Å². The Kier molecular flexibility index (Phi) is 22.1. The summed E-state index contributed by atoms with van der Waals surface area (Å²) in [5, 5.41) is 29.9. The topological polar surface area (TPSA) is 120 Å². The molecule has 0 N–H and O–H groups in total. The van der Waals surface area contributed by atoms with Gasteiger partial charge in [0.05, 0.1) is 0 Å². The molecule has 0 rings (SSSR count). The van der Waals surface area contributed by atoms with Crippen LogP contribution in [0.4, 0.5) is 0 Å². The molecule has 0 fully saturated rings. The van der Waals surface area contributed by atoms with Gasteiger partial charge in [0, 0.05) is 0 Å². The molecule has 0 saturated carbocycles. The van der Waals surface area contributed by atoms with Crippen molar-refractivity contribution in [2.45, 2.75) is 41.5 Å². The molecule has 0 heterocycles. The van der Waals surface area contributed by atoms with Gasteiger partial charge in [-0.3, -0.25) is 14.4 Å². The second kappa shape index (κ2) is 17.2. The number of carbonyl (C=O) groups excluding carboxylic acids is 3. The maximum atomic E-state index is 9.98. The first kappa shape index (κ1) is 28.3. The molecule has 0 aliphatic carbocycles. The van der Waals surface area contributed by atoms with E-state index in [9.17, 15) is 29.7 Å². The molecule has 0 amide bonds. The summed E-state index contributed by atoms with van der Waals surface area (Å²) in [7, 11) is 0. The average Bonchev–Trinajstić information content (AvgIpc) is 2.10. The molecule has 6 nitrogen and oxygen atoms in total. The standard InChI is InChI=1S/3C5H8O2.Co/c3*1-4(6)3-5(2)7;/h3*3,6H,1-2H3;/q;;;+3/p-3/b2*4-3+;4-3-;. The van der Waals surface area contributed by atoms with Crippen LogP contribution in [0, 0.1) is 0 Å². The minimum Gasteiger partial charge on any atom is -0.876 e. The van der Waals surface area contributed by atoms with Crippen LogP contribution in [0.2, 0.25) is 0 Å². The van der Waals surface area contributed by atoms with Crippen LogP contribution in [-0.4, -0.2) is 17.3 Å².